The fraction of sp³-hybridized carbons (Fsp3) is 0.727. The van der Waals surface area contributed by atoms with Gasteiger partial charge in [0.2, 0.25) is 0 Å². The summed E-state index contributed by atoms with van der Waals surface area (Å²) < 4.78 is 0. The number of rotatable bonds is 9. The topological polar surface area (TPSA) is 90.9 Å². The summed E-state index contributed by atoms with van der Waals surface area (Å²) in [5.74, 6) is 0.0619. The van der Waals surface area contributed by atoms with Crippen LogP contribution in [0.5, 0.6) is 0 Å². The summed E-state index contributed by atoms with van der Waals surface area (Å²) >= 11 is 1.56. The van der Waals surface area contributed by atoms with Crippen molar-refractivity contribution in [2.24, 2.45) is 0 Å². The van der Waals surface area contributed by atoms with Crippen LogP contribution in [0.15, 0.2) is 11.5 Å². The average molecular weight is 272 g/mol. The first-order chi connectivity index (χ1) is 8.64. The van der Waals surface area contributed by atoms with Crippen molar-refractivity contribution in [3.8, 4) is 0 Å². The van der Waals surface area contributed by atoms with Crippen LogP contribution in [-0.4, -0.2) is 44.1 Å². The van der Waals surface area contributed by atoms with Crippen LogP contribution in [0.1, 0.15) is 33.1 Å². The molecule has 1 rings (SSSR count). The number of thioether (sulfide) groups is 1. The number of nitrogens with one attached hydrogen (secondary N) is 2. The molecule has 1 atom stereocenters. The molecule has 1 unspecified atom stereocenters. The number of aromatic nitrogens is 3. The molecule has 1 aromatic rings. The summed E-state index contributed by atoms with van der Waals surface area (Å²) in [5, 5.41) is 19.7. The lowest BCUT2D eigenvalue weighted by molar-refractivity contribution is -0.145. The zero-order chi connectivity index (χ0) is 13.4. The van der Waals surface area contributed by atoms with Gasteiger partial charge in [-0.2, -0.15) is 5.10 Å². The van der Waals surface area contributed by atoms with Crippen molar-refractivity contribution in [2.75, 3.05) is 12.3 Å². The Balaban J connectivity index is 2.39. The number of hydrogen-bond donors (Lipinski definition) is 3. The maximum absolute atomic E-state index is 11.4. The molecule has 6 nitrogen and oxygen atoms in total. The van der Waals surface area contributed by atoms with E-state index >= 15 is 0 Å². The van der Waals surface area contributed by atoms with E-state index in [4.69, 9.17) is 0 Å². The molecule has 0 fully saturated rings. The van der Waals surface area contributed by atoms with Crippen molar-refractivity contribution in [2.45, 2.75) is 43.8 Å². The minimum Gasteiger partial charge on any atom is -0.480 e. The van der Waals surface area contributed by atoms with Gasteiger partial charge in [0.1, 0.15) is 11.9 Å². The average Bonchev–Trinajstić information content (AvgIpc) is 2.86. The van der Waals surface area contributed by atoms with Gasteiger partial charge in [0.05, 0.1) is 0 Å². The molecule has 18 heavy (non-hydrogen) atoms. The largest absolute Gasteiger partial charge is 0.480 e. The number of aromatic amines is 1. The Morgan fingerprint density at radius 2 is 2.39 bits per heavy atom. The number of likely N-dealkylation sites (N-methyl/N-ethyl adjacent to an activating group) is 1. The van der Waals surface area contributed by atoms with E-state index in [-0.39, 0.29) is 0 Å². The van der Waals surface area contributed by atoms with E-state index in [2.05, 4.69) is 20.5 Å². The van der Waals surface area contributed by atoms with E-state index in [1.54, 1.807) is 11.8 Å². The van der Waals surface area contributed by atoms with E-state index < -0.39 is 11.5 Å². The summed E-state index contributed by atoms with van der Waals surface area (Å²) in [4.78, 5) is 15.4. The van der Waals surface area contributed by atoms with Crippen molar-refractivity contribution < 1.29 is 9.90 Å². The molecule has 1 aromatic heterocycles. The number of carbonyl (C=O) groups is 1. The van der Waals surface area contributed by atoms with E-state index in [0.717, 1.165) is 17.3 Å². The summed E-state index contributed by atoms with van der Waals surface area (Å²) in [6.07, 6.45) is 3.49. The number of nitrogens with zero attached hydrogens (tertiary/aromatic N) is 2. The molecule has 0 saturated carbocycles. The van der Waals surface area contributed by atoms with Gasteiger partial charge in [-0.1, -0.05) is 25.6 Å². The number of carboxylic acid groups (broad SMARTS) is 1. The zero-order valence-electron chi connectivity index (χ0n) is 10.8. The number of H-pyrrole nitrogens is 1. The molecule has 3 N–H and O–H groups in total. The highest BCUT2D eigenvalue weighted by Crippen LogP contribution is 2.21. The van der Waals surface area contributed by atoms with Gasteiger partial charge < -0.3 is 10.4 Å². The third kappa shape index (κ3) is 3.99. The molecule has 102 valence electrons. The molecule has 0 saturated heterocycles. The van der Waals surface area contributed by atoms with Crippen LogP contribution in [0.3, 0.4) is 0 Å². The highest BCUT2D eigenvalue weighted by Gasteiger charge is 2.34. The van der Waals surface area contributed by atoms with Crippen molar-refractivity contribution in [1.29, 1.82) is 0 Å². The number of hydrogen-bond acceptors (Lipinski definition) is 5. The maximum Gasteiger partial charge on any atom is 0.323 e. The van der Waals surface area contributed by atoms with Gasteiger partial charge in [-0.05, 0) is 25.8 Å². The molecule has 0 aliphatic rings. The first-order valence-corrected chi connectivity index (χ1v) is 7.09. The van der Waals surface area contributed by atoms with Gasteiger partial charge in [-0.3, -0.25) is 9.89 Å². The second-order valence-electron chi connectivity index (χ2n) is 4.01. The predicted molar refractivity (Wildman–Crippen MR) is 70.7 cm³/mol. The van der Waals surface area contributed by atoms with Crippen LogP contribution < -0.4 is 5.32 Å². The molecule has 0 aliphatic heterocycles. The van der Waals surface area contributed by atoms with Crippen LogP contribution >= 0.6 is 11.8 Å². The van der Waals surface area contributed by atoms with E-state index in [1.807, 2.05) is 13.8 Å². The van der Waals surface area contributed by atoms with Gasteiger partial charge in [-0.25, -0.2) is 4.98 Å². The Kier molecular flexibility index (Phi) is 6.14. The Morgan fingerprint density at radius 1 is 1.61 bits per heavy atom. The quantitative estimate of drug-likeness (QED) is 0.466. The van der Waals surface area contributed by atoms with Gasteiger partial charge in [0.15, 0.2) is 5.16 Å². The number of carboxylic acids is 1. The van der Waals surface area contributed by atoms with Crippen LogP contribution in [0.2, 0.25) is 0 Å². The Hall–Kier alpha value is -1.08. The standard InChI is InChI=1S/C11H20N4O2S/c1-3-11(9(16)17,13-4-2)6-5-7-18-10-12-8-14-15-10/h8,13H,3-7H2,1-2H3,(H,16,17)(H,12,14,15). The molecule has 0 bridgehead atoms. The molecule has 0 amide bonds. The van der Waals surface area contributed by atoms with Gasteiger partial charge in [0, 0.05) is 5.75 Å². The minimum atomic E-state index is -0.795. The van der Waals surface area contributed by atoms with Gasteiger partial charge in [-0.15, -0.1) is 0 Å². The second kappa shape index (κ2) is 7.38. The molecule has 0 radical (unpaired) electrons. The maximum atomic E-state index is 11.4. The zero-order valence-corrected chi connectivity index (χ0v) is 11.6. The summed E-state index contributed by atoms with van der Waals surface area (Å²) in [5.41, 5.74) is -0.795. The first-order valence-electron chi connectivity index (χ1n) is 6.11. The second-order valence-corrected chi connectivity index (χ2v) is 5.10. The van der Waals surface area contributed by atoms with E-state index in [0.29, 0.717) is 19.4 Å². The monoisotopic (exact) mass is 272 g/mol. The van der Waals surface area contributed by atoms with Crippen LogP contribution in [0, 0.1) is 0 Å². The predicted octanol–water partition coefficient (Wildman–Crippen LogP) is 1.52. The summed E-state index contributed by atoms with van der Waals surface area (Å²) in [7, 11) is 0. The smallest absolute Gasteiger partial charge is 0.323 e. The fourth-order valence-electron chi connectivity index (χ4n) is 1.87. The van der Waals surface area contributed by atoms with Crippen molar-refractivity contribution >= 4 is 17.7 Å². The van der Waals surface area contributed by atoms with Crippen LogP contribution in [0.4, 0.5) is 0 Å². The molecule has 1 heterocycles. The normalized spacial score (nSPS) is 14.3. The molecule has 0 spiro atoms. The Labute approximate surface area is 111 Å². The summed E-state index contributed by atoms with van der Waals surface area (Å²) in [6, 6.07) is 0. The SMILES string of the molecule is CCNC(CC)(CCCSc1ncn[nH]1)C(=O)O. The van der Waals surface area contributed by atoms with Crippen LogP contribution in [-0.2, 0) is 4.79 Å². The molecule has 0 aromatic carbocycles. The third-order valence-electron chi connectivity index (χ3n) is 2.91. The van der Waals surface area contributed by atoms with Crippen molar-refractivity contribution in [3.63, 3.8) is 0 Å². The lowest BCUT2D eigenvalue weighted by Gasteiger charge is -2.29. The van der Waals surface area contributed by atoms with Crippen molar-refractivity contribution in [3.05, 3.63) is 6.33 Å². The molecule has 7 heteroatoms. The molecular formula is C11H20N4O2S. The minimum absolute atomic E-state index is 0.586. The highest BCUT2D eigenvalue weighted by molar-refractivity contribution is 7.99. The Bertz CT molecular complexity index is 358. The first kappa shape index (κ1) is 15.0. The molecule has 0 aliphatic carbocycles. The summed E-state index contributed by atoms with van der Waals surface area (Å²) in [6.45, 7) is 4.49. The van der Waals surface area contributed by atoms with Gasteiger partial charge in [0.25, 0.3) is 0 Å². The third-order valence-corrected chi connectivity index (χ3v) is 3.87. The van der Waals surface area contributed by atoms with E-state index in [1.165, 1.54) is 6.33 Å². The van der Waals surface area contributed by atoms with Crippen molar-refractivity contribution in [1.82, 2.24) is 20.5 Å². The lowest BCUT2D eigenvalue weighted by Crippen LogP contribution is -2.51. The fourth-order valence-corrected chi connectivity index (χ4v) is 2.59. The lowest BCUT2D eigenvalue weighted by atomic mass is 9.91. The number of aliphatic carboxylic acids is 1. The van der Waals surface area contributed by atoms with Gasteiger partial charge >= 0.3 is 5.97 Å². The Morgan fingerprint density at radius 3 is 2.89 bits per heavy atom. The highest BCUT2D eigenvalue weighted by atomic mass is 32.2. The van der Waals surface area contributed by atoms with E-state index in [9.17, 15) is 9.90 Å². The molecular weight excluding hydrogens is 252 g/mol. The van der Waals surface area contributed by atoms with Crippen LogP contribution in [0.25, 0.3) is 0 Å².